The average molecular weight is 393 g/mol. The van der Waals surface area contributed by atoms with Crippen LogP contribution in [0.2, 0.25) is 0 Å². The van der Waals surface area contributed by atoms with Gasteiger partial charge in [-0.2, -0.15) is 0 Å². The molecule has 4 nitrogen and oxygen atoms in total. The van der Waals surface area contributed by atoms with Gasteiger partial charge in [0.25, 0.3) is 0 Å². The van der Waals surface area contributed by atoms with Gasteiger partial charge in [0, 0.05) is 36.9 Å². The van der Waals surface area contributed by atoms with Gasteiger partial charge in [-0.25, -0.2) is 4.39 Å². The first-order valence-corrected chi connectivity index (χ1v) is 10.3. The van der Waals surface area contributed by atoms with E-state index >= 15 is 0 Å². The molecular formula is C24H24FNO3. The molecule has 2 heterocycles. The van der Waals surface area contributed by atoms with Gasteiger partial charge in [-0.3, -0.25) is 9.78 Å². The minimum atomic E-state index is -0.585. The number of carbonyl (C=O) groups excluding carboxylic acids is 1. The predicted molar refractivity (Wildman–Crippen MR) is 107 cm³/mol. The van der Waals surface area contributed by atoms with Gasteiger partial charge >= 0.3 is 0 Å². The van der Waals surface area contributed by atoms with Crippen LogP contribution in [0.1, 0.15) is 31.4 Å². The third kappa shape index (κ3) is 3.53. The lowest BCUT2D eigenvalue weighted by Gasteiger charge is -2.31. The Morgan fingerprint density at radius 2 is 2.00 bits per heavy atom. The molecule has 2 aliphatic carbocycles. The van der Waals surface area contributed by atoms with Gasteiger partial charge < -0.3 is 9.47 Å². The van der Waals surface area contributed by atoms with Crippen molar-refractivity contribution in [2.45, 2.75) is 31.5 Å². The quantitative estimate of drug-likeness (QED) is 0.762. The number of hydrogen-bond acceptors (Lipinski definition) is 4. The van der Waals surface area contributed by atoms with Crippen molar-refractivity contribution in [3.63, 3.8) is 0 Å². The van der Waals surface area contributed by atoms with E-state index < -0.39 is 5.79 Å². The molecule has 0 unspecified atom stereocenters. The van der Waals surface area contributed by atoms with Crippen LogP contribution in [0.15, 0.2) is 48.7 Å². The molecule has 3 aliphatic rings. The van der Waals surface area contributed by atoms with Gasteiger partial charge in [-0.1, -0.05) is 24.3 Å². The Bertz CT molecular complexity index is 933. The van der Waals surface area contributed by atoms with Gasteiger partial charge in [-0.05, 0) is 48.1 Å². The first-order chi connectivity index (χ1) is 14.1. The molecule has 0 radical (unpaired) electrons. The Hall–Kier alpha value is -2.37. The first-order valence-electron chi connectivity index (χ1n) is 10.3. The summed E-state index contributed by atoms with van der Waals surface area (Å²) in [5.41, 5.74) is 2.53. The number of halogens is 1. The first kappa shape index (κ1) is 18.6. The van der Waals surface area contributed by atoms with Crippen LogP contribution in [0, 0.1) is 23.6 Å². The Labute approximate surface area is 169 Å². The van der Waals surface area contributed by atoms with Crippen molar-refractivity contribution in [1.29, 1.82) is 0 Å². The van der Waals surface area contributed by atoms with Crippen molar-refractivity contribution in [3.8, 4) is 11.1 Å². The van der Waals surface area contributed by atoms with Gasteiger partial charge in [0.1, 0.15) is 11.6 Å². The Balaban J connectivity index is 1.37. The molecule has 29 heavy (non-hydrogen) atoms. The van der Waals surface area contributed by atoms with Gasteiger partial charge in [0.15, 0.2) is 5.79 Å². The minimum Gasteiger partial charge on any atom is -0.347 e. The van der Waals surface area contributed by atoms with E-state index in [1.54, 1.807) is 12.3 Å². The van der Waals surface area contributed by atoms with E-state index in [-0.39, 0.29) is 11.7 Å². The summed E-state index contributed by atoms with van der Waals surface area (Å²) >= 11 is 0. The minimum absolute atomic E-state index is 0.132. The molecule has 2 aromatic rings. The van der Waals surface area contributed by atoms with Crippen LogP contribution in [0.4, 0.5) is 4.39 Å². The zero-order chi connectivity index (χ0) is 19.8. The summed E-state index contributed by atoms with van der Waals surface area (Å²) in [5.74, 6) is 0.403. The van der Waals surface area contributed by atoms with E-state index in [9.17, 15) is 9.18 Å². The van der Waals surface area contributed by atoms with Crippen molar-refractivity contribution in [3.05, 3.63) is 60.2 Å². The van der Waals surface area contributed by atoms with Crippen LogP contribution in [-0.2, 0) is 14.3 Å². The zero-order valence-corrected chi connectivity index (χ0v) is 16.2. The average Bonchev–Trinajstić information content (AvgIpc) is 3.31. The highest BCUT2D eigenvalue weighted by atomic mass is 19.1. The van der Waals surface area contributed by atoms with E-state index in [1.807, 2.05) is 24.3 Å². The number of benzene rings is 1. The second-order valence-corrected chi connectivity index (χ2v) is 8.29. The summed E-state index contributed by atoms with van der Waals surface area (Å²) in [6, 6.07) is 10.4. The zero-order valence-electron chi connectivity index (χ0n) is 16.2. The van der Waals surface area contributed by atoms with Crippen LogP contribution >= 0.6 is 0 Å². The molecule has 1 aromatic heterocycles. The third-order valence-corrected chi connectivity index (χ3v) is 6.56. The summed E-state index contributed by atoms with van der Waals surface area (Å²) in [6.45, 7) is 1.22. The molecule has 1 aromatic carbocycles. The van der Waals surface area contributed by atoms with Gasteiger partial charge in [0.05, 0.1) is 18.9 Å². The topological polar surface area (TPSA) is 48.4 Å². The number of aromatic nitrogens is 1. The number of fused-ring (bicyclic) bond motifs is 1. The maximum Gasteiger partial charge on any atom is 0.175 e. The normalized spacial score (nSPS) is 28.3. The fourth-order valence-electron chi connectivity index (χ4n) is 5.25. The molecule has 2 saturated carbocycles. The molecule has 150 valence electrons. The highest BCUT2D eigenvalue weighted by Crippen LogP contribution is 2.54. The number of Topliss-reactive ketones (excluding diaryl/α,β-unsaturated/α-hetero) is 1. The molecule has 3 atom stereocenters. The Morgan fingerprint density at radius 3 is 2.76 bits per heavy atom. The number of nitrogens with zero attached hydrogens (tertiary/aromatic N) is 1. The van der Waals surface area contributed by atoms with E-state index in [1.165, 1.54) is 12.1 Å². The number of ketones is 1. The van der Waals surface area contributed by atoms with Crippen LogP contribution in [-0.4, -0.2) is 29.8 Å². The standard InChI is InChI=1S/C24H24FNO3/c25-19-3-1-2-16(12-19)17-4-5-20(26-15-17)6-9-23-22-8-7-21(27)13-18(22)14-24(23)28-10-11-29-24/h1-6,9,12,15,18,22-23H,7-8,10-11,13-14H2/b9-6+/t18-,22+,23-/m0/s1. The highest BCUT2D eigenvalue weighted by molar-refractivity contribution is 5.79. The van der Waals surface area contributed by atoms with Crippen molar-refractivity contribution in [2.24, 2.45) is 17.8 Å². The number of carbonyl (C=O) groups is 1. The molecule has 1 saturated heterocycles. The molecule has 5 rings (SSSR count). The van der Waals surface area contributed by atoms with Gasteiger partial charge in [-0.15, -0.1) is 0 Å². The van der Waals surface area contributed by atoms with Crippen molar-refractivity contribution in [2.75, 3.05) is 13.2 Å². The lowest BCUT2D eigenvalue weighted by Crippen LogP contribution is -2.35. The van der Waals surface area contributed by atoms with Crippen molar-refractivity contribution >= 4 is 11.9 Å². The lowest BCUT2D eigenvalue weighted by molar-refractivity contribution is -0.175. The summed E-state index contributed by atoms with van der Waals surface area (Å²) < 4.78 is 25.6. The second-order valence-electron chi connectivity index (χ2n) is 8.29. The van der Waals surface area contributed by atoms with Crippen LogP contribution < -0.4 is 0 Å². The van der Waals surface area contributed by atoms with Gasteiger partial charge in [0.2, 0.25) is 0 Å². The monoisotopic (exact) mass is 393 g/mol. The number of ether oxygens (including phenoxy) is 2. The molecule has 0 bridgehead atoms. The summed E-state index contributed by atoms with van der Waals surface area (Å²) in [6.07, 6.45) is 8.95. The van der Waals surface area contributed by atoms with Crippen LogP contribution in [0.25, 0.3) is 17.2 Å². The number of hydrogen-bond donors (Lipinski definition) is 0. The fourth-order valence-corrected chi connectivity index (χ4v) is 5.25. The van der Waals surface area contributed by atoms with Crippen molar-refractivity contribution in [1.82, 2.24) is 4.98 Å². The van der Waals surface area contributed by atoms with E-state index in [2.05, 4.69) is 11.1 Å². The maximum absolute atomic E-state index is 13.5. The molecule has 0 N–H and O–H groups in total. The smallest absolute Gasteiger partial charge is 0.175 e. The molecule has 0 amide bonds. The molecule has 1 aliphatic heterocycles. The fraction of sp³-hybridized carbons (Fsp3) is 0.417. The van der Waals surface area contributed by atoms with Crippen molar-refractivity contribution < 1.29 is 18.7 Å². The van der Waals surface area contributed by atoms with E-state index in [4.69, 9.17) is 9.47 Å². The summed E-state index contributed by atoms with van der Waals surface area (Å²) in [4.78, 5) is 16.5. The maximum atomic E-state index is 13.5. The number of rotatable bonds is 3. The Morgan fingerprint density at radius 1 is 1.14 bits per heavy atom. The second kappa shape index (κ2) is 7.47. The SMILES string of the molecule is O=C1CC[C@@H]2[C@@H](C1)CC1(OCCO1)[C@H]2/C=C/c1ccc(-c2cccc(F)c2)cn1. The number of pyridine rings is 1. The molecule has 3 fully saturated rings. The van der Waals surface area contributed by atoms with E-state index in [0.29, 0.717) is 43.7 Å². The summed E-state index contributed by atoms with van der Waals surface area (Å²) in [5, 5.41) is 0. The highest BCUT2D eigenvalue weighted by Gasteiger charge is 2.57. The summed E-state index contributed by atoms with van der Waals surface area (Å²) in [7, 11) is 0. The Kier molecular flexibility index (Phi) is 4.80. The molecule has 5 heteroatoms. The van der Waals surface area contributed by atoms with Crippen LogP contribution in [0.3, 0.4) is 0 Å². The predicted octanol–water partition coefficient (Wildman–Crippen LogP) is 4.65. The lowest BCUT2D eigenvalue weighted by atomic mass is 9.77. The van der Waals surface area contributed by atoms with Crippen LogP contribution in [0.5, 0.6) is 0 Å². The largest absolute Gasteiger partial charge is 0.347 e. The molecule has 1 spiro atoms. The van der Waals surface area contributed by atoms with E-state index in [0.717, 1.165) is 29.7 Å². The molecular weight excluding hydrogens is 369 g/mol. The third-order valence-electron chi connectivity index (χ3n) is 6.56.